The summed E-state index contributed by atoms with van der Waals surface area (Å²) in [6, 6.07) is 20.8. The second-order valence-electron chi connectivity index (χ2n) is 7.33. The Morgan fingerprint density at radius 2 is 1.44 bits per heavy atom. The van der Waals surface area contributed by atoms with Crippen LogP contribution in [0.4, 0.5) is 5.69 Å². The second-order valence-corrected chi connectivity index (χ2v) is 9.19. The third-order valence-corrected chi connectivity index (χ3v) is 7.26. The molecule has 1 aliphatic rings. The molecule has 0 radical (unpaired) electrons. The molecule has 7 nitrogen and oxygen atoms in total. The molecule has 0 N–H and O–H groups in total. The molecule has 4 rings (SSSR count). The van der Waals surface area contributed by atoms with Crippen LogP contribution in [0.25, 0.3) is 0 Å². The Morgan fingerprint density at radius 1 is 0.875 bits per heavy atom. The Balaban J connectivity index is 1.78. The molecule has 0 saturated heterocycles. The molecule has 0 aliphatic carbocycles. The van der Waals surface area contributed by atoms with Crippen LogP contribution in [0.5, 0.6) is 0 Å². The summed E-state index contributed by atoms with van der Waals surface area (Å²) in [5.74, 6) is -1.90. The molecule has 3 aromatic carbocycles. The van der Waals surface area contributed by atoms with Gasteiger partial charge in [0, 0.05) is 23.9 Å². The minimum atomic E-state index is -4.28. The number of carbonyl (C=O) groups excluding carboxylic acids is 3. The zero-order chi connectivity index (χ0) is 22.9. The summed E-state index contributed by atoms with van der Waals surface area (Å²) in [6.45, 7) is -0.656. The molecule has 1 heterocycles. The normalized spacial score (nSPS) is 17.4. The number of para-hydroxylation sites is 1. The summed E-state index contributed by atoms with van der Waals surface area (Å²) >= 11 is 0. The highest BCUT2D eigenvalue weighted by Crippen LogP contribution is 2.31. The minimum Gasteiger partial charge on any atom is -0.314 e. The Labute approximate surface area is 185 Å². The first-order valence-electron chi connectivity index (χ1n) is 9.88. The van der Waals surface area contributed by atoms with Gasteiger partial charge >= 0.3 is 0 Å². The summed E-state index contributed by atoms with van der Waals surface area (Å²) in [5, 5.41) is 0. The van der Waals surface area contributed by atoms with Crippen LogP contribution in [0.3, 0.4) is 0 Å². The molecule has 0 fully saturated rings. The van der Waals surface area contributed by atoms with Gasteiger partial charge in [0.25, 0.3) is 0 Å². The van der Waals surface area contributed by atoms with Crippen LogP contribution in [-0.2, 0) is 14.8 Å². The standard InChI is InChI=1S/C24H20N2O5S/c1-25(18-12-6-3-7-13-18)21(27)16-26-22(23(28)17-10-4-2-5-11-17)24(29)19-14-8-9-15-20(19)32(26,30)31/h2-15,22H,16H2,1H3. The summed E-state index contributed by atoms with van der Waals surface area (Å²) in [6.07, 6.45) is 0. The van der Waals surface area contributed by atoms with Crippen molar-refractivity contribution >= 4 is 33.2 Å². The molecule has 162 valence electrons. The number of benzene rings is 3. The van der Waals surface area contributed by atoms with E-state index in [-0.39, 0.29) is 16.0 Å². The molecule has 0 saturated carbocycles. The van der Waals surface area contributed by atoms with E-state index in [0.717, 1.165) is 4.31 Å². The van der Waals surface area contributed by atoms with E-state index in [1.54, 1.807) is 54.6 Å². The highest BCUT2D eigenvalue weighted by atomic mass is 32.2. The zero-order valence-electron chi connectivity index (χ0n) is 17.2. The number of sulfonamides is 1. The first-order chi connectivity index (χ1) is 15.3. The van der Waals surface area contributed by atoms with Crippen molar-refractivity contribution < 1.29 is 22.8 Å². The van der Waals surface area contributed by atoms with Crippen molar-refractivity contribution in [2.75, 3.05) is 18.5 Å². The largest absolute Gasteiger partial charge is 0.314 e. The molecule has 0 spiro atoms. The fourth-order valence-corrected chi connectivity index (χ4v) is 5.36. The van der Waals surface area contributed by atoms with Gasteiger partial charge in [-0.15, -0.1) is 0 Å². The number of anilines is 1. The Morgan fingerprint density at radius 3 is 2.09 bits per heavy atom. The van der Waals surface area contributed by atoms with Crippen molar-refractivity contribution in [2.45, 2.75) is 10.9 Å². The molecule has 1 aliphatic heterocycles. The Hall–Kier alpha value is -3.62. The number of rotatable bonds is 5. The molecule has 3 aromatic rings. The van der Waals surface area contributed by atoms with Crippen molar-refractivity contribution in [1.82, 2.24) is 4.31 Å². The number of nitrogens with zero attached hydrogens (tertiary/aromatic N) is 2. The summed E-state index contributed by atoms with van der Waals surface area (Å²) in [4.78, 5) is 40.7. The van der Waals surface area contributed by atoms with Crippen molar-refractivity contribution in [3.8, 4) is 0 Å². The minimum absolute atomic E-state index is 0.0538. The van der Waals surface area contributed by atoms with E-state index >= 15 is 0 Å². The lowest BCUT2D eigenvalue weighted by molar-refractivity contribution is -0.118. The van der Waals surface area contributed by atoms with Crippen molar-refractivity contribution in [1.29, 1.82) is 0 Å². The van der Waals surface area contributed by atoms with E-state index in [1.807, 2.05) is 0 Å². The lowest BCUT2D eigenvalue weighted by atomic mass is 9.96. The average molecular weight is 449 g/mol. The van der Waals surface area contributed by atoms with E-state index < -0.39 is 40.1 Å². The van der Waals surface area contributed by atoms with Crippen LogP contribution in [0.1, 0.15) is 20.7 Å². The topological polar surface area (TPSA) is 91.8 Å². The van der Waals surface area contributed by atoms with Gasteiger partial charge in [0.15, 0.2) is 17.6 Å². The molecular formula is C24H20N2O5S. The van der Waals surface area contributed by atoms with Gasteiger partial charge in [-0.2, -0.15) is 4.31 Å². The molecule has 0 aromatic heterocycles. The van der Waals surface area contributed by atoms with Gasteiger partial charge in [0.2, 0.25) is 15.9 Å². The van der Waals surface area contributed by atoms with Crippen molar-refractivity contribution in [2.24, 2.45) is 0 Å². The number of hydrogen-bond acceptors (Lipinski definition) is 5. The van der Waals surface area contributed by atoms with E-state index in [0.29, 0.717) is 5.69 Å². The van der Waals surface area contributed by atoms with Crippen LogP contribution >= 0.6 is 0 Å². The fraction of sp³-hybridized carbons (Fsp3) is 0.125. The smallest absolute Gasteiger partial charge is 0.245 e. The summed E-state index contributed by atoms with van der Waals surface area (Å²) < 4.78 is 27.6. The van der Waals surface area contributed by atoms with E-state index in [2.05, 4.69) is 0 Å². The van der Waals surface area contributed by atoms with Crippen LogP contribution in [0.15, 0.2) is 89.8 Å². The number of likely N-dealkylation sites (N-methyl/N-ethyl adjacent to an activating group) is 1. The number of amides is 1. The highest BCUT2D eigenvalue weighted by Gasteiger charge is 2.48. The Kier molecular flexibility index (Phi) is 5.73. The van der Waals surface area contributed by atoms with Crippen molar-refractivity contribution in [3.05, 3.63) is 96.1 Å². The van der Waals surface area contributed by atoms with Gasteiger partial charge < -0.3 is 4.90 Å². The lowest BCUT2D eigenvalue weighted by Crippen LogP contribution is -2.56. The lowest BCUT2D eigenvalue weighted by Gasteiger charge is -2.34. The number of hydrogen-bond donors (Lipinski definition) is 0. The maximum absolute atomic E-state index is 13.4. The van der Waals surface area contributed by atoms with E-state index in [1.165, 1.54) is 42.3 Å². The molecule has 1 amide bonds. The van der Waals surface area contributed by atoms with E-state index in [9.17, 15) is 22.8 Å². The number of carbonyl (C=O) groups is 3. The maximum Gasteiger partial charge on any atom is 0.245 e. The quantitative estimate of drug-likeness (QED) is 0.442. The number of Topliss-reactive ketones (excluding diaryl/α,β-unsaturated/α-hetero) is 2. The van der Waals surface area contributed by atoms with Gasteiger partial charge in [-0.3, -0.25) is 14.4 Å². The molecule has 32 heavy (non-hydrogen) atoms. The Bertz CT molecular complexity index is 1290. The van der Waals surface area contributed by atoms with Gasteiger partial charge in [-0.05, 0) is 24.3 Å². The number of ketones is 2. The molecule has 8 heteroatoms. The fourth-order valence-electron chi connectivity index (χ4n) is 3.66. The summed E-state index contributed by atoms with van der Waals surface area (Å²) in [7, 11) is -2.77. The van der Waals surface area contributed by atoms with Crippen LogP contribution in [-0.4, -0.2) is 49.8 Å². The third-order valence-electron chi connectivity index (χ3n) is 5.39. The SMILES string of the molecule is CN(C(=O)CN1C(C(=O)c2ccccc2)C(=O)c2ccccc2S1(=O)=O)c1ccccc1. The molecular weight excluding hydrogens is 428 g/mol. The van der Waals surface area contributed by atoms with Crippen molar-refractivity contribution in [3.63, 3.8) is 0 Å². The monoisotopic (exact) mass is 448 g/mol. The van der Waals surface area contributed by atoms with Gasteiger partial charge in [-0.1, -0.05) is 60.7 Å². The first-order valence-corrected chi connectivity index (χ1v) is 11.3. The van der Waals surface area contributed by atoms with Crippen LogP contribution < -0.4 is 4.90 Å². The average Bonchev–Trinajstić information content (AvgIpc) is 2.83. The maximum atomic E-state index is 13.4. The van der Waals surface area contributed by atoms with Gasteiger partial charge in [0.05, 0.1) is 11.4 Å². The van der Waals surface area contributed by atoms with Gasteiger partial charge in [-0.25, -0.2) is 8.42 Å². The van der Waals surface area contributed by atoms with E-state index in [4.69, 9.17) is 0 Å². The van der Waals surface area contributed by atoms with Crippen LogP contribution in [0.2, 0.25) is 0 Å². The molecule has 0 bridgehead atoms. The predicted octanol–water partition coefficient (Wildman–Crippen LogP) is 2.79. The molecule has 1 unspecified atom stereocenters. The van der Waals surface area contributed by atoms with Crippen LogP contribution in [0, 0.1) is 0 Å². The molecule has 1 atom stereocenters. The number of fused-ring (bicyclic) bond motifs is 1. The van der Waals surface area contributed by atoms with Gasteiger partial charge in [0.1, 0.15) is 0 Å². The third kappa shape index (κ3) is 3.74. The second kappa shape index (κ2) is 8.49. The predicted molar refractivity (Wildman–Crippen MR) is 119 cm³/mol. The first kappa shape index (κ1) is 21.6. The summed E-state index contributed by atoms with van der Waals surface area (Å²) in [5.41, 5.74) is 0.695. The highest BCUT2D eigenvalue weighted by molar-refractivity contribution is 7.89. The zero-order valence-corrected chi connectivity index (χ0v) is 18.0.